The van der Waals surface area contributed by atoms with Crippen molar-refractivity contribution in [3.63, 3.8) is 0 Å². The van der Waals surface area contributed by atoms with Crippen LogP contribution in [0.5, 0.6) is 17.2 Å². The molecule has 2 aromatic heterocycles. The molecule has 41 heavy (non-hydrogen) atoms. The maximum atomic E-state index is 12.4. The van der Waals surface area contributed by atoms with Gasteiger partial charge in [-0.15, -0.1) is 4.73 Å². The number of amides is 4. The van der Waals surface area contributed by atoms with Gasteiger partial charge in [0.25, 0.3) is 34.7 Å². The number of rotatable bonds is 10. The first-order valence-corrected chi connectivity index (χ1v) is 11.9. The van der Waals surface area contributed by atoms with Gasteiger partial charge in [0, 0.05) is 45.5 Å². The lowest BCUT2D eigenvalue weighted by Gasteiger charge is -2.12. The number of nitrogens with one attached hydrogen (secondary N) is 4. The van der Waals surface area contributed by atoms with Crippen LogP contribution in [0.4, 0.5) is 0 Å². The van der Waals surface area contributed by atoms with Crippen molar-refractivity contribution in [1.29, 1.82) is 0 Å². The van der Waals surface area contributed by atoms with Crippen LogP contribution in [-0.4, -0.2) is 79.6 Å². The summed E-state index contributed by atoms with van der Waals surface area (Å²) in [5.41, 5.74) is -2.84. The summed E-state index contributed by atoms with van der Waals surface area (Å²) in [6.45, 7) is -0.474. The van der Waals surface area contributed by atoms with Crippen LogP contribution in [0.2, 0.25) is 0 Å². The molecule has 1 aromatic carbocycles. The molecule has 0 aliphatic rings. The van der Waals surface area contributed by atoms with Crippen molar-refractivity contribution in [2.45, 2.75) is 0 Å². The van der Waals surface area contributed by atoms with Gasteiger partial charge in [-0.3, -0.25) is 28.8 Å². The van der Waals surface area contributed by atoms with Crippen molar-refractivity contribution in [2.24, 2.45) is 7.05 Å². The van der Waals surface area contributed by atoms with Gasteiger partial charge < -0.3 is 46.4 Å². The van der Waals surface area contributed by atoms with Gasteiger partial charge in [0.05, 0.1) is 16.7 Å². The van der Waals surface area contributed by atoms with Gasteiger partial charge in [-0.1, -0.05) is 6.07 Å². The standard InChI is InChI=1S/C25H26N6O10/c1-30-12-7-15(20(35)25(30)40)23(38)28-9-8-26-21(36)13-5-6-14(19(34)18(13)33)22(37)27-10-11-29-24(39)16-3-2-4-17(32)31(16)41/h2-7,12,33-35,41H,8-11H2,1H3,(H,26,36)(H,27,37)(H,28,38)(H,29,39). The first-order valence-electron chi connectivity index (χ1n) is 11.9. The van der Waals surface area contributed by atoms with Crippen LogP contribution in [0.3, 0.4) is 0 Å². The minimum absolute atomic E-state index is 0.108. The number of phenols is 2. The summed E-state index contributed by atoms with van der Waals surface area (Å²) in [6, 6.07) is 6.98. The fraction of sp³-hybridized carbons (Fsp3) is 0.200. The van der Waals surface area contributed by atoms with Crippen molar-refractivity contribution in [2.75, 3.05) is 26.2 Å². The highest BCUT2D eigenvalue weighted by Crippen LogP contribution is 2.32. The molecular formula is C25H26N6O10. The molecule has 0 atom stereocenters. The van der Waals surface area contributed by atoms with Gasteiger partial charge >= 0.3 is 0 Å². The molecule has 4 amide bonds. The van der Waals surface area contributed by atoms with Gasteiger partial charge in [0.1, 0.15) is 5.69 Å². The molecule has 216 valence electrons. The maximum Gasteiger partial charge on any atom is 0.293 e. The Kier molecular flexibility index (Phi) is 9.31. The fourth-order valence-corrected chi connectivity index (χ4v) is 3.48. The Hall–Kier alpha value is -5.80. The molecule has 0 unspecified atom stereocenters. The number of pyridine rings is 2. The van der Waals surface area contributed by atoms with E-state index in [4.69, 9.17) is 0 Å². The zero-order valence-electron chi connectivity index (χ0n) is 21.5. The summed E-state index contributed by atoms with van der Waals surface area (Å²) in [5.74, 6) is -5.67. The van der Waals surface area contributed by atoms with Crippen molar-refractivity contribution in [1.82, 2.24) is 30.6 Å². The number of carbonyl (C=O) groups excluding carboxylic acids is 4. The number of hydrogen-bond donors (Lipinski definition) is 8. The van der Waals surface area contributed by atoms with E-state index in [0.717, 1.165) is 22.8 Å². The van der Waals surface area contributed by atoms with Crippen molar-refractivity contribution < 1.29 is 39.7 Å². The highest BCUT2D eigenvalue weighted by Gasteiger charge is 2.21. The number of carbonyl (C=O) groups is 4. The Morgan fingerprint density at radius 1 is 0.659 bits per heavy atom. The molecule has 0 saturated carbocycles. The molecule has 3 rings (SSSR count). The predicted molar refractivity (Wildman–Crippen MR) is 140 cm³/mol. The number of aryl methyl sites for hydroxylation is 1. The van der Waals surface area contributed by atoms with E-state index in [1.807, 2.05) is 0 Å². The van der Waals surface area contributed by atoms with Crippen molar-refractivity contribution in [3.05, 3.63) is 85.7 Å². The Labute approximate surface area is 230 Å². The lowest BCUT2D eigenvalue weighted by molar-refractivity contribution is 0.0881. The van der Waals surface area contributed by atoms with Crippen LogP contribution in [0.1, 0.15) is 41.6 Å². The zero-order chi connectivity index (χ0) is 30.3. The van der Waals surface area contributed by atoms with E-state index in [1.54, 1.807) is 0 Å². The molecule has 8 N–H and O–H groups in total. The number of phenolic OH excluding ortho intramolecular Hbond substituents is 2. The minimum atomic E-state index is -0.873. The van der Waals surface area contributed by atoms with E-state index in [2.05, 4.69) is 21.3 Å². The van der Waals surface area contributed by atoms with Crippen molar-refractivity contribution in [3.8, 4) is 17.2 Å². The van der Waals surface area contributed by atoms with Crippen LogP contribution in [-0.2, 0) is 7.05 Å². The van der Waals surface area contributed by atoms with E-state index in [0.29, 0.717) is 0 Å². The number of hydrogen-bond acceptors (Lipinski definition) is 10. The van der Waals surface area contributed by atoms with E-state index < -0.39 is 52.0 Å². The van der Waals surface area contributed by atoms with E-state index in [1.165, 1.54) is 31.4 Å². The molecule has 0 saturated heterocycles. The zero-order valence-corrected chi connectivity index (χ0v) is 21.5. The summed E-state index contributed by atoms with van der Waals surface area (Å²) < 4.78 is 1.26. The predicted octanol–water partition coefficient (Wildman–Crippen LogP) is -1.78. The molecule has 0 aliphatic carbocycles. The van der Waals surface area contributed by atoms with E-state index >= 15 is 0 Å². The quantitative estimate of drug-likeness (QED) is 0.0774. The molecule has 0 aliphatic heterocycles. The summed E-state index contributed by atoms with van der Waals surface area (Å²) in [7, 11) is 1.40. The topological polar surface area (TPSA) is 241 Å². The summed E-state index contributed by atoms with van der Waals surface area (Å²) in [6.07, 6.45) is 1.30. The van der Waals surface area contributed by atoms with Gasteiger partial charge in [-0.25, -0.2) is 0 Å². The van der Waals surface area contributed by atoms with Crippen LogP contribution < -0.4 is 32.4 Å². The SMILES string of the molecule is Cn1ccc(C(=O)NCCNC(=O)c2ccc(C(=O)NCCNC(=O)c3cccc(=O)n3O)c(O)c2O)c(O)c1=O. The third-order valence-electron chi connectivity index (χ3n) is 5.68. The first-order chi connectivity index (χ1) is 19.4. The molecule has 0 radical (unpaired) electrons. The average molecular weight is 571 g/mol. The average Bonchev–Trinajstić information content (AvgIpc) is 2.94. The van der Waals surface area contributed by atoms with E-state index in [-0.39, 0.29) is 53.3 Å². The lowest BCUT2D eigenvalue weighted by Crippen LogP contribution is -2.37. The van der Waals surface area contributed by atoms with Gasteiger partial charge in [-0.2, -0.15) is 0 Å². The lowest BCUT2D eigenvalue weighted by atomic mass is 10.1. The number of benzene rings is 1. The number of nitrogens with zero attached hydrogens (tertiary/aromatic N) is 2. The fourth-order valence-electron chi connectivity index (χ4n) is 3.48. The van der Waals surface area contributed by atoms with E-state index in [9.17, 15) is 49.3 Å². The molecule has 16 nitrogen and oxygen atoms in total. The van der Waals surface area contributed by atoms with Crippen LogP contribution in [0.25, 0.3) is 0 Å². The monoisotopic (exact) mass is 570 g/mol. The molecule has 3 aromatic rings. The first kappa shape index (κ1) is 29.8. The molecule has 0 spiro atoms. The van der Waals surface area contributed by atoms with Gasteiger partial charge in [0.15, 0.2) is 17.2 Å². The Morgan fingerprint density at radius 2 is 1.10 bits per heavy atom. The second kappa shape index (κ2) is 12.8. The minimum Gasteiger partial charge on any atom is -0.504 e. The molecule has 0 bridgehead atoms. The largest absolute Gasteiger partial charge is 0.504 e. The molecule has 0 fully saturated rings. The Bertz CT molecular complexity index is 1630. The highest BCUT2D eigenvalue weighted by molar-refractivity contribution is 6.03. The maximum absolute atomic E-state index is 12.4. The highest BCUT2D eigenvalue weighted by atomic mass is 16.5. The Balaban J connectivity index is 1.49. The molecule has 2 heterocycles. The van der Waals surface area contributed by atoms with Gasteiger partial charge in [-0.05, 0) is 24.3 Å². The normalized spacial score (nSPS) is 10.5. The molecular weight excluding hydrogens is 544 g/mol. The second-order valence-electron chi connectivity index (χ2n) is 8.44. The van der Waals surface area contributed by atoms with Crippen molar-refractivity contribution >= 4 is 23.6 Å². The van der Waals surface area contributed by atoms with Crippen LogP contribution in [0.15, 0.2) is 52.2 Å². The summed E-state index contributed by atoms with van der Waals surface area (Å²) in [5, 5.41) is 49.5. The third kappa shape index (κ3) is 6.80. The number of aromatic hydroxyl groups is 3. The smallest absolute Gasteiger partial charge is 0.293 e. The summed E-state index contributed by atoms with van der Waals surface area (Å²) in [4.78, 5) is 72.2. The molecule has 16 heteroatoms. The summed E-state index contributed by atoms with van der Waals surface area (Å²) >= 11 is 0. The number of aromatic nitrogens is 2. The van der Waals surface area contributed by atoms with Gasteiger partial charge in [0.2, 0.25) is 0 Å². The second-order valence-corrected chi connectivity index (χ2v) is 8.44. The Morgan fingerprint density at radius 3 is 1.59 bits per heavy atom. The van der Waals surface area contributed by atoms with Crippen LogP contribution >= 0.6 is 0 Å². The third-order valence-corrected chi connectivity index (χ3v) is 5.68. The van der Waals surface area contributed by atoms with Crippen LogP contribution in [0, 0.1) is 0 Å².